The summed E-state index contributed by atoms with van der Waals surface area (Å²) in [5, 5.41) is 1.68. The molecule has 0 radical (unpaired) electrons. The minimum Gasteiger partial charge on any atom is -0.398 e. The second-order valence-electron chi connectivity index (χ2n) is 4.20. The summed E-state index contributed by atoms with van der Waals surface area (Å²) < 4.78 is 1.13. The van der Waals surface area contributed by atoms with Gasteiger partial charge in [0, 0.05) is 16.3 Å². The third-order valence-electron chi connectivity index (χ3n) is 2.88. The van der Waals surface area contributed by atoms with E-state index in [1.807, 2.05) is 43.3 Å². The van der Waals surface area contributed by atoms with E-state index in [0.717, 1.165) is 32.0 Å². The topological polar surface area (TPSA) is 38.9 Å². The molecule has 0 unspecified atom stereocenters. The van der Waals surface area contributed by atoms with Gasteiger partial charge in [0.05, 0.1) is 10.2 Å². The van der Waals surface area contributed by atoms with Crippen molar-refractivity contribution in [3.05, 3.63) is 47.0 Å². The van der Waals surface area contributed by atoms with Gasteiger partial charge in [-0.25, -0.2) is 4.98 Å². The second kappa shape index (κ2) is 4.26. The highest BCUT2D eigenvalue weighted by Gasteiger charge is 2.07. The quantitative estimate of drug-likeness (QED) is 0.663. The maximum atomic E-state index is 5.96. The lowest BCUT2D eigenvalue weighted by Gasteiger charge is -2.01. The van der Waals surface area contributed by atoms with Crippen molar-refractivity contribution < 1.29 is 0 Å². The minimum atomic E-state index is 0.711. The van der Waals surface area contributed by atoms with Crippen LogP contribution < -0.4 is 5.73 Å². The number of fused-ring (bicyclic) bond motifs is 1. The molecule has 0 aliphatic carbocycles. The van der Waals surface area contributed by atoms with Gasteiger partial charge in [-0.15, -0.1) is 11.3 Å². The molecule has 0 spiro atoms. The largest absolute Gasteiger partial charge is 0.398 e. The highest BCUT2D eigenvalue weighted by atomic mass is 35.5. The van der Waals surface area contributed by atoms with Crippen LogP contribution >= 0.6 is 22.9 Å². The van der Waals surface area contributed by atoms with Crippen molar-refractivity contribution in [2.24, 2.45) is 0 Å². The zero-order valence-corrected chi connectivity index (χ0v) is 11.3. The molecule has 0 bridgehead atoms. The van der Waals surface area contributed by atoms with Crippen LogP contribution in [0.1, 0.15) is 5.56 Å². The summed E-state index contributed by atoms with van der Waals surface area (Å²) in [6.45, 7) is 2.00. The van der Waals surface area contributed by atoms with Crippen LogP contribution in [-0.2, 0) is 0 Å². The Morgan fingerprint density at radius 2 is 2.00 bits per heavy atom. The van der Waals surface area contributed by atoms with Gasteiger partial charge in [0.25, 0.3) is 0 Å². The number of benzene rings is 2. The van der Waals surface area contributed by atoms with Crippen molar-refractivity contribution in [3.8, 4) is 10.6 Å². The van der Waals surface area contributed by atoms with Crippen LogP contribution in [0.2, 0.25) is 5.02 Å². The molecular formula is C14H11ClN2S. The van der Waals surface area contributed by atoms with Crippen LogP contribution in [-0.4, -0.2) is 4.98 Å². The maximum absolute atomic E-state index is 5.96. The average molecular weight is 275 g/mol. The molecule has 1 aromatic heterocycles. The molecule has 18 heavy (non-hydrogen) atoms. The lowest BCUT2D eigenvalue weighted by Crippen LogP contribution is -1.89. The number of aromatic nitrogens is 1. The molecule has 3 aromatic rings. The fourth-order valence-electron chi connectivity index (χ4n) is 1.80. The lowest BCUT2D eigenvalue weighted by atomic mass is 10.1. The third-order valence-corrected chi connectivity index (χ3v) is 4.20. The number of rotatable bonds is 1. The Morgan fingerprint density at radius 3 is 2.78 bits per heavy atom. The summed E-state index contributed by atoms with van der Waals surface area (Å²) >= 11 is 7.61. The van der Waals surface area contributed by atoms with Crippen LogP contribution in [0.4, 0.5) is 5.69 Å². The predicted octanol–water partition coefficient (Wildman–Crippen LogP) is 4.51. The zero-order chi connectivity index (χ0) is 12.7. The Kier molecular flexibility index (Phi) is 2.73. The molecule has 0 atom stereocenters. The molecular weight excluding hydrogens is 264 g/mol. The summed E-state index contributed by atoms with van der Waals surface area (Å²) in [5.41, 5.74) is 9.80. The maximum Gasteiger partial charge on any atom is 0.124 e. The van der Waals surface area contributed by atoms with Gasteiger partial charge in [-0.3, -0.25) is 0 Å². The highest BCUT2D eigenvalue weighted by molar-refractivity contribution is 7.21. The summed E-state index contributed by atoms with van der Waals surface area (Å²) in [4.78, 5) is 4.59. The Bertz CT molecular complexity index is 734. The minimum absolute atomic E-state index is 0.711. The van der Waals surface area contributed by atoms with E-state index in [4.69, 9.17) is 17.3 Å². The Hall–Kier alpha value is -1.58. The number of nitrogens with zero attached hydrogens (tertiary/aromatic N) is 1. The number of nitrogens with two attached hydrogens (primary N) is 1. The van der Waals surface area contributed by atoms with E-state index in [1.54, 1.807) is 11.3 Å². The average Bonchev–Trinajstić information content (AvgIpc) is 2.75. The SMILES string of the molecule is Cc1ccc(-c2nc3cc(Cl)ccc3s2)cc1N. The van der Waals surface area contributed by atoms with Crippen LogP contribution in [0.15, 0.2) is 36.4 Å². The number of hydrogen-bond acceptors (Lipinski definition) is 3. The van der Waals surface area contributed by atoms with E-state index in [1.165, 1.54) is 0 Å². The molecule has 90 valence electrons. The standard InChI is InChI=1S/C14H11ClN2S/c1-8-2-3-9(6-11(8)16)14-17-12-7-10(15)4-5-13(12)18-14/h2-7H,16H2,1H3. The van der Waals surface area contributed by atoms with E-state index in [0.29, 0.717) is 5.02 Å². The first-order valence-corrected chi connectivity index (χ1v) is 6.75. The van der Waals surface area contributed by atoms with Gasteiger partial charge >= 0.3 is 0 Å². The fraction of sp³-hybridized carbons (Fsp3) is 0.0714. The van der Waals surface area contributed by atoms with Crippen molar-refractivity contribution >= 4 is 38.8 Å². The molecule has 1 heterocycles. The molecule has 0 saturated heterocycles. The number of thiazole rings is 1. The van der Waals surface area contributed by atoms with E-state index < -0.39 is 0 Å². The van der Waals surface area contributed by atoms with Crippen molar-refractivity contribution in [2.75, 3.05) is 5.73 Å². The Labute approximate surface area is 114 Å². The zero-order valence-electron chi connectivity index (χ0n) is 9.77. The Morgan fingerprint density at radius 1 is 1.17 bits per heavy atom. The molecule has 0 aliphatic rings. The summed E-state index contributed by atoms with van der Waals surface area (Å²) in [5.74, 6) is 0. The lowest BCUT2D eigenvalue weighted by molar-refractivity contribution is 1.44. The molecule has 0 saturated carbocycles. The molecule has 0 fully saturated rings. The van der Waals surface area contributed by atoms with Gasteiger partial charge in [0.15, 0.2) is 0 Å². The third kappa shape index (κ3) is 1.96. The van der Waals surface area contributed by atoms with Crippen molar-refractivity contribution in [1.82, 2.24) is 4.98 Å². The van der Waals surface area contributed by atoms with E-state index in [2.05, 4.69) is 4.98 Å². The van der Waals surface area contributed by atoms with Crippen LogP contribution in [0.3, 0.4) is 0 Å². The fourth-order valence-corrected chi connectivity index (χ4v) is 2.91. The number of anilines is 1. The van der Waals surface area contributed by atoms with Gasteiger partial charge in [0.1, 0.15) is 5.01 Å². The summed E-state index contributed by atoms with van der Waals surface area (Å²) in [7, 11) is 0. The van der Waals surface area contributed by atoms with Gasteiger partial charge in [-0.1, -0.05) is 23.7 Å². The van der Waals surface area contributed by atoms with E-state index in [9.17, 15) is 0 Å². The number of hydrogen-bond donors (Lipinski definition) is 1. The van der Waals surface area contributed by atoms with Crippen molar-refractivity contribution in [2.45, 2.75) is 6.92 Å². The smallest absolute Gasteiger partial charge is 0.124 e. The number of halogens is 1. The van der Waals surface area contributed by atoms with Crippen molar-refractivity contribution in [3.63, 3.8) is 0 Å². The number of nitrogen functional groups attached to an aromatic ring is 1. The molecule has 0 aliphatic heterocycles. The summed E-state index contributed by atoms with van der Waals surface area (Å²) in [6.07, 6.45) is 0. The second-order valence-corrected chi connectivity index (χ2v) is 5.67. The summed E-state index contributed by atoms with van der Waals surface area (Å²) in [6, 6.07) is 11.8. The first-order chi connectivity index (χ1) is 8.63. The predicted molar refractivity (Wildman–Crippen MR) is 79.2 cm³/mol. The van der Waals surface area contributed by atoms with Crippen LogP contribution in [0, 0.1) is 6.92 Å². The molecule has 3 rings (SSSR count). The first kappa shape index (κ1) is 11.5. The highest BCUT2D eigenvalue weighted by Crippen LogP contribution is 2.32. The molecule has 4 heteroatoms. The van der Waals surface area contributed by atoms with E-state index in [-0.39, 0.29) is 0 Å². The Balaban J connectivity index is 2.16. The molecule has 2 N–H and O–H groups in total. The normalized spacial score (nSPS) is 11.0. The van der Waals surface area contributed by atoms with Crippen molar-refractivity contribution in [1.29, 1.82) is 0 Å². The van der Waals surface area contributed by atoms with Gasteiger partial charge in [-0.05, 0) is 36.8 Å². The first-order valence-electron chi connectivity index (χ1n) is 5.56. The monoisotopic (exact) mass is 274 g/mol. The van der Waals surface area contributed by atoms with Gasteiger partial charge < -0.3 is 5.73 Å². The van der Waals surface area contributed by atoms with E-state index >= 15 is 0 Å². The van der Waals surface area contributed by atoms with Crippen LogP contribution in [0.25, 0.3) is 20.8 Å². The molecule has 2 aromatic carbocycles. The van der Waals surface area contributed by atoms with Crippen LogP contribution in [0.5, 0.6) is 0 Å². The van der Waals surface area contributed by atoms with Gasteiger partial charge in [-0.2, -0.15) is 0 Å². The number of aryl methyl sites for hydroxylation is 1. The molecule has 2 nitrogen and oxygen atoms in total. The van der Waals surface area contributed by atoms with Gasteiger partial charge in [0.2, 0.25) is 0 Å². The molecule has 0 amide bonds.